The number of cyclic esters (lactones) is 1. The summed E-state index contributed by atoms with van der Waals surface area (Å²) in [5.74, 6) is -1.00. The number of hydrogen-bond donors (Lipinski definition) is 3. The largest absolute Gasteiger partial charge is 0.490 e. The zero-order valence-corrected chi connectivity index (χ0v) is 27.2. The van der Waals surface area contributed by atoms with Crippen LogP contribution in [0.3, 0.4) is 0 Å². The van der Waals surface area contributed by atoms with Crippen LogP contribution in [0.25, 0.3) is 0 Å². The second kappa shape index (κ2) is 21.6. The van der Waals surface area contributed by atoms with Crippen molar-refractivity contribution >= 4 is 23.9 Å². The Labute approximate surface area is 257 Å². The van der Waals surface area contributed by atoms with E-state index < -0.39 is 29.4 Å². The maximum atomic E-state index is 12.9. The zero-order valence-electron chi connectivity index (χ0n) is 27.2. The maximum Gasteiger partial charge on any atom is 0.407 e. The monoisotopic (exact) mass is 601 g/mol. The lowest BCUT2D eigenvalue weighted by Crippen LogP contribution is -2.52. The Bertz CT molecular complexity index is 1080. The van der Waals surface area contributed by atoms with Gasteiger partial charge in [-0.3, -0.25) is 9.59 Å². The minimum absolute atomic E-state index is 0.228. The molecule has 1 aliphatic rings. The Morgan fingerprint density at radius 1 is 1.12 bits per heavy atom. The third kappa shape index (κ3) is 16.8. The Hall–Kier alpha value is -4.08. The van der Waals surface area contributed by atoms with Crippen molar-refractivity contribution in [3.63, 3.8) is 0 Å². The molecule has 3 amide bonds. The Balaban J connectivity index is 0.00000862. The smallest absolute Gasteiger partial charge is 0.407 e. The summed E-state index contributed by atoms with van der Waals surface area (Å²) in [6, 6.07) is -0.790. The molecule has 0 saturated carbocycles. The molecular formula is C33H51N3O7. The van der Waals surface area contributed by atoms with Crippen LogP contribution >= 0.6 is 0 Å². The molecule has 3 unspecified atom stereocenters. The molecule has 10 heteroatoms. The van der Waals surface area contributed by atoms with E-state index in [-0.39, 0.29) is 23.9 Å². The molecule has 1 rings (SSSR count). The molecule has 0 aromatic carbocycles. The molecule has 0 spiro atoms. The summed E-state index contributed by atoms with van der Waals surface area (Å²) >= 11 is 0. The molecule has 0 aromatic rings. The van der Waals surface area contributed by atoms with Crippen LogP contribution in [0.2, 0.25) is 0 Å². The highest BCUT2D eigenvalue weighted by Gasteiger charge is 2.32. The molecule has 1 aliphatic heterocycles. The predicted molar refractivity (Wildman–Crippen MR) is 170 cm³/mol. The summed E-state index contributed by atoms with van der Waals surface area (Å²) in [6.45, 7) is 13.4. The van der Waals surface area contributed by atoms with Crippen molar-refractivity contribution in [2.75, 3.05) is 14.2 Å². The lowest BCUT2D eigenvalue weighted by molar-refractivity contribution is -0.149. The van der Waals surface area contributed by atoms with Gasteiger partial charge in [0, 0.05) is 38.8 Å². The van der Waals surface area contributed by atoms with E-state index >= 15 is 0 Å². The minimum atomic E-state index is -0.790. The Morgan fingerprint density at radius 3 is 2.35 bits per heavy atom. The van der Waals surface area contributed by atoms with Crippen LogP contribution in [-0.4, -0.2) is 56.3 Å². The lowest BCUT2D eigenvalue weighted by Gasteiger charge is -2.29. The van der Waals surface area contributed by atoms with E-state index in [0.29, 0.717) is 25.7 Å². The summed E-state index contributed by atoms with van der Waals surface area (Å²) in [5.41, 5.74) is 0.398. The van der Waals surface area contributed by atoms with Crippen molar-refractivity contribution in [1.29, 1.82) is 0 Å². The minimum Gasteiger partial charge on any atom is -0.490 e. The van der Waals surface area contributed by atoms with E-state index in [4.69, 9.17) is 14.2 Å². The van der Waals surface area contributed by atoms with E-state index in [0.717, 1.165) is 5.57 Å². The van der Waals surface area contributed by atoms with Crippen LogP contribution in [0.4, 0.5) is 4.79 Å². The van der Waals surface area contributed by atoms with Crippen molar-refractivity contribution in [3.05, 3.63) is 72.2 Å². The Morgan fingerprint density at radius 2 is 1.77 bits per heavy atom. The highest BCUT2D eigenvalue weighted by atomic mass is 16.6. The third-order valence-corrected chi connectivity index (χ3v) is 5.95. The van der Waals surface area contributed by atoms with E-state index in [9.17, 15) is 19.2 Å². The van der Waals surface area contributed by atoms with Gasteiger partial charge in [-0.2, -0.15) is 0 Å². The van der Waals surface area contributed by atoms with Crippen LogP contribution in [-0.2, 0) is 28.6 Å². The normalized spacial score (nSPS) is 17.1. The van der Waals surface area contributed by atoms with Crippen LogP contribution < -0.4 is 16.0 Å². The van der Waals surface area contributed by atoms with Gasteiger partial charge in [0.15, 0.2) is 5.76 Å². The van der Waals surface area contributed by atoms with Gasteiger partial charge in [-0.05, 0) is 31.5 Å². The summed E-state index contributed by atoms with van der Waals surface area (Å²) in [6.07, 6.45) is 18.1. The van der Waals surface area contributed by atoms with Gasteiger partial charge >= 0.3 is 12.1 Å². The summed E-state index contributed by atoms with van der Waals surface area (Å²) in [4.78, 5) is 48.7. The number of amides is 3. The molecule has 0 aliphatic carbocycles. The topological polar surface area (TPSA) is 132 Å². The van der Waals surface area contributed by atoms with Gasteiger partial charge in [0.25, 0.3) is 0 Å². The molecule has 0 fully saturated rings. The molecule has 240 valence electrons. The predicted octanol–water partition coefficient (Wildman–Crippen LogP) is 5.55. The van der Waals surface area contributed by atoms with E-state index in [2.05, 4.69) is 16.0 Å². The molecule has 10 nitrogen and oxygen atoms in total. The molecule has 0 aromatic heterocycles. The van der Waals surface area contributed by atoms with Crippen molar-refractivity contribution in [3.8, 4) is 0 Å². The van der Waals surface area contributed by atoms with E-state index in [1.807, 2.05) is 72.8 Å². The fourth-order valence-corrected chi connectivity index (χ4v) is 3.63. The summed E-state index contributed by atoms with van der Waals surface area (Å²) in [7, 11) is 2.93. The highest BCUT2D eigenvalue weighted by molar-refractivity contribution is 5.93. The molecule has 0 saturated heterocycles. The molecule has 0 bridgehead atoms. The number of methoxy groups -OCH3 is 1. The zero-order chi connectivity index (χ0) is 32.8. The standard InChI is InChI=1S/C31H45N3O7.C2H6/c1-8-9-14-23(41-30(38)32-6)15-12-21-33-28(36)27(31(3,4)5)34-26(35)16-11-10-13-22(2)17-18-24-19-20-25(39-7)29(37)40-24;1-2/h8-13,16-17,20-21,23-24,27H,14-15,18-19H2,1-7H3,(H,32,38)(H,33,36)(H,34,35);1-2H3/b9-8-,13-10-,16-11-,21-12-,22-17+;. The quantitative estimate of drug-likeness (QED) is 0.103. The second-order valence-corrected chi connectivity index (χ2v) is 10.5. The first-order valence-electron chi connectivity index (χ1n) is 14.6. The number of carbonyl (C=O) groups excluding carboxylic acids is 4. The van der Waals surface area contributed by atoms with Gasteiger partial charge in [0.05, 0.1) is 7.11 Å². The first kappa shape index (κ1) is 38.9. The molecule has 1 heterocycles. The number of ether oxygens (including phenoxy) is 3. The number of carbonyl (C=O) groups is 4. The fourth-order valence-electron chi connectivity index (χ4n) is 3.63. The first-order valence-corrected chi connectivity index (χ1v) is 14.6. The number of hydrogen-bond acceptors (Lipinski definition) is 7. The van der Waals surface area contributed by atoms with Crippen molar-refractivity contribution < 1.29 is 33.4 Å². The Kier molecular flexibility index (Phi) is 19.5. The van der Waals surface area contributed by atoms with E-state index in [1.54, 1.807) is 24.3 Å². The molecule has 3 N–H and O–H groups in total. The highest BCUT2D eigenvalue weighted by Crippen LogP contribution is 2.20. The lowest BCUT2D eigenvalue weighted by atomic mass is 9.86. The van der Waals surface area contributed by atoms with Crippen LogP contribution in [0.5, 0.6) is 0 Å². The first-order chi connectivity index (χ1) is 20.4. The number of alkyl carbamates (subject to hydrolysis) is 1. The fraction of sp³-hybridized carbons (Fsp3) is 0.515. The van der Waals surface area contributed by atoms with Gasteiger partial charge in [-0.1, -0.05) is 82.7 Å². The number of allylic oxidation sites excluding steroid dienone is 5. The average molecular weight is 602 g/mol. The van der Waals surface area contributed by atoms with Crippen LogP contribution in [0.1, 0.15) is 74.1 Å². The number of esters is 1. The summed E-state index contributed by atoms with van der Waals surface area (Å²) < 4.78 is 15.6. The van der Waals surface area contributed by atoms with Crippen molar-refractivity contribution in [1.82, 2.24) is 16.0 Å². The van der Waals surface area contributed by atoms with Gasteiger partial charge < -0.3 is 30.2 Å². The SMILES string of the molecule is C/C=C\CC(C/C=C\NC(=O)C(NC(=O)\C=C/C=C\C(C)=C\CC1CC=C(OC)C(=O)O1)C(C)(C)C)OC(=O)NC.CC. The number of nitrogens with one attached hydrogen (secondary N) is 3. The summed E-state index contributed by atoms with van der Waals surface area (Å²) in [5, 5.41) is 7.90. The van der Waals surface area contributed by atoms with Gasteiger partial charge in [-0.15, -0.1) is 0 Å². The second-order valence-electron chi connectivity index (χ2n) is 10.5. The van der Waals surface area contributed by atoms with Gasteiger partial charge in [0.2, 0.25) is 11.8 Å². The third-order valence-electron chi connectivity index (χ3n) is 5.95. The molecule has 0 radical (unpaired) electrons. The van der Waals surface area contributed by atoms with Crippen molar-refractivity contribution in [2.24, 2.45) is 5.41 Å². The number of rotatable bonds is 14. The average Bonchev–Trinajstić information content (AvgIpc) is 2.98. The maximum absolute atomic E-state index is 12.9. The van der Waals surface area contributed by atoms with Gasteiger partial charge in [-0.25, -0.2) is 9.59 Å². The molecular weight excluding hydrogens is 550 g/mol. The van der Waals surface area contributed by atoms with Crippen LogP contribution in [0.15, 0.2) is 72.2 Å². The molecule has 43 heavy (non-hydrogen) atoms. The molecule has 3 atom stereocenters. The van der Waals surface area contributed by atoms with E-state index in [1.165, 1.54) is 26.4 Å². The van der Waals surface area contributed by atoms with Crippen LogP contribution in [0, 0.1) is 5.41 Å². The van der Waals surface area contributed by atoms with Crippen molar-refractivity contribution in [2.45, 2.75) is 92.4 Å². The van der Waals surface area contributed by atoms with Gasteiger partial charge in [0.1, 0.15) is 18.2 Å².